The summed E-state index contributed by atoms with van der Waals surface area (Å²) < 4.78 is 16.3. The predicted octanol–water partition coefficient (Wildman–Crippen LogP) is 4.50. The first kappa shape index (κ1) is 18.6. The molecule has 4 heteroatoms. The standard InChI is InChI=1S/C22H28O4/c1-22(23,17-11-10-16(12-17)15-8-6-5-7-9-15)18-13-19(24-2)21(26-4)20(14-18)25-3/h5-9,13-14,16-17,23H,10-12H2,1-4H3. The molecule has 3 unspecified atom stereocenters. The lowest BCUT2D eigenvalue weighted by molar-refractivity contribution is -0.00432. The molecule has 0 spiro atoms. The Morgan fingerprint density at radius 1 is 0.923 bits per heavy atom. The van der Waals surface area contributed by atoms with Gasteiger partial charge >= 0.3 is 0 Å². The van der Waals surface area contributed by atoms with E-state index in [9.17, 15) is 5.11 Å². The molecule has 1 fully saturated rings. The molecule has 26 heavy (non-hydrogen) atoms. The Hall–Kier alpha value is -2.20. The van der Waals surface area contributed by atoms with E-state index < -0.39 is 5.60 Å². The molecule has 2 aromatic rings. The second kappa shape index (κ2) is 7.58. The van der Waals surface area contributed by atoms with Gasteiger partial charge in [0.25, 0.3) is 0 Å². The van der Waals surface area contributed by atoms with Crippen molar-refractivity contribution in [1.29, 1.82) is 0 Å². The van der Waals surface area contributed by atoms with E-state index in [0.717, 1.165) is 24.8 Å². The van der Waals surface area contributed by atoms with E-state index in [0.29, 0.717) is 23.2 Å². The zero-order chi connectivity index (χ0) is 18.7. The van der Waals surface area contributed by atoms with Crippen LogP contribution in [0.25, 0.3) is 0 Å². The summed E-state index contributed by atoms with van der Waals surface area (Å²) in [6.45, 7) is 1.89. The molecule has 3 atom stereocenters. The highest BCUT2D eigenvalue weighted by molar-refractivity contribution is 5.55. The second-order valence-electron chi connectivity index (χ2n) is 7.18. The van der Waals surface area contributed by atoms with Crippen LogP contribution in [-0.4, -0.2) is 26.4 Å². The zero-order valence-corrected chi connectivity index (χ0v) is 16.0. The third-order valence-corrected chi connectivity index (χ3v) is 5.75. The van der Waals surface area contributed by atoms with Gasteiger partial charge in [-0.25, -0.2) is 0 Å². The number of hydrogen-bond donors (Lipinski definition) is 1. The molecule has 140 valence electrons. The van der Waals surface area contributed by atoms with Gasteiger partial charge < -0.3 is 19.3 Å². The average Bonchev–Trinajstić information content (AvgIpc) is 3.18. The molecule has 0 aromatic heterocycles. The van der Waals surface area contributed by atoms with Gasteiger partial charge in [0.1, 0.15) is 0 Å². The lowest BCUT2D eigenvalue weighted by atomic mass is 9.80. The Kier molecular flexibility index (Phi) is 5.42. The van der Waals surface area contributed by atoms with Gasteiger partial charge in [-0.1, -0.05) is 30.3 Å². The summed E-state index contributed by atoms with van der Waals surface area (Å²) >= 11 is 0. The van der Waals surface area contributed by atoms with Crippen molar-refractivity contribution in [3.8, 4) is 17.2 Å². The van der Waals surface area contributed by atoms with Gasteiger partial charge in [-0.05, 0) is 61.3 Å². The van der Waals surface area contributed by atoms with Gasteiger partial charge in [0.15, 0.2) is 11.5 Å². The number of benzene rings is 2. The van der Waals surface area contributed by atoms with Crippen LogP contribution in [-0.2, 0) is 5.60 Å². The fraction of sp³-hybridized carbons (Fsp3) is 0.455. The highest BCUT2D eigenvalue weighted by atomic mass is 16.5. The Morgan fingerprint density at radius 3 is 2.08 bits per heavy atom. The number of aliphatic hydroxyl groups is 1. The van der Waals surface area contributed by atoms with Crippen molar-refractivity contribution in [2.45, 2.75) is 37.7 Å². The number of hydrogen-bond acceptors (Lipinski definition) is 4. The van der Waals surface area contributed by atoms with Crippen LogP contribution in [0.15, 0.2) is 42.5 Å². The van der Waals surface area contributed by atoms with Gasteiger partial charge in [0.05, 0.1) is 26.9 Å². The first-order chi connectivity index (χ1) is 12.5. The van der Waals surface area contributed by atoms with Crippen molar-refractivity contribution >= 4 is 0 Å². The molecule has 0 radical (unpaired) electrons. The Labute approximate surface area is 155 Å². The lowest BCUT2D eigenvalue weighted by Crippen LogP contribution is -2.30. The topological polar surface area (TPSA) is 47.9 Å². The maximum absolute atomic E-state index is 11.4. The maximum atomic E-state index is 11.4. The Balaban J connectivity index is 1.88. The van der Waals surface area contributed by atoms with Crippen molar-refractivity contribution in [2.75, 3.05) is 21.3 Å². The minimum absolute atomic E-state index is 0.176. The second-order valence-corrected chi connectivity index (χ2v) is 7.18. The number of methoxy groups -OCH3 is 3. The molecule has 1 aliphatic carbocycles. The van der Waals surface area contributed by atoms with Crippen molar-refractivity contribution in [3.63, 3.8) is 0 Å². The van der Waals surface area contributed by atoms with E-state index in [4.69, 9.17) is 14.2 Å². The van der Waals surface area contributed by atoms with E-state index in [1.807, 2.05) is 25.1 Å². The van der Waals surface area contributed by atoms with Crippen LogP contribution in [0.5, 0.6) is 17.2 Å². The van der Waals surface area contributed by atoms with Gasteiger partial charge in [-0.3, -0.25) is 0 Å². The minimum Gasteiger partial charge on any atom is -0.493 e. The van der Waals surface area contributed by atoms with Crippen LogP contribution < -0.4 is 14.2 Å². The van der Waals surface area contributed by atoms with Crippen molar-refractivity contribution in [3.05, 3.63) is 53.6 Å². The summed E-state index contributed by atoms with van der Waals surface area (Å²) in [6, 6.07) is 14.3. The van der Waals surface area contributed by atoms with Crippen LogP contribution in [0.1, 0.15) is 43.2 Å². The summed E-state index contributed by atoms with van der Waals surface area (Å²) in [6.07, 6.45) is 3.05. The highest BCUT2D eigenvalue weighted by Crippen LogP contribution is 2.49. The van der Waals surface area contributed by atoms with Crippen LogP contribution in [0.2, 0.25) is 0 Å². The third kappa shape index (κ3) is 3.38. The van der Waals surface area contributed by atoms with Gasteiger partial charge in [-0.2, -0.15) is 0 Å². The monoisotopic (exact) mass is 356 g/mol. The molecular weight excluding hydrogens is 328 g/mol. The van der Waals surface area contributed by atoms with Crippen molar-refractivity contribution in [2.24, 2.45) is 5.92 Å². The van der Waals surface area contributed by atoms with Crippen LogP contribution in [0, 0.1) is 5.92 Å². The zero-order valence-electron chi connectivity index (χ0n) is 16.0. The average molecular weight is 356 g/mol. The summed E-state index contributed by atoms with van der Waals surface area (Å²) in [5, 5.41) is 11.4. The molecule has 1 N–H and O–H groups in total. The van der Waals surface area contributed by atoms with Crippen LogP contribution >= 0.6 is 0 Å². The van der Waals surface area contributed by atoms with Gasteiger partial charge in [0, 0.05) is 0 Å². The van der Waals surface area contributed by atoms with Crippen LogP contribution in [0.4, 0.5) is 0 Å². The van der Waals surface area contributed by atoms with E-state index >= 15 is 0 Å². The molecular formula is C22H28O4. The fourth-order valence-electron chi connectivity index (χ4n) is 4.13. The molecule has 1 aliphatic rings. The summed E-state index contributed by atoms with van der Waals surface area (Å²) in [4.78, 5) is 0. The smallest absolute Gasteiger partial charge is 0.203 e. The number of rotatable bonds is 6. The van der Waals surface area contributed by atoms with E-state index in [2.05, 4.69) is 24.3 Å². The normalized spacial score (nSPS) is 21.9. The lowest BCUT2D eigenvalue weighted by Gasteiger charge is -2.32. The van der Waals surface area contributed by atoms with Crippen molar-refractivity contribution in [1.82, 2.24) is 0 Å². The Bertz CT molecular complexity index is 714. The van der Waals surface area contributed by atoms with E-state index in [1.165, 1.54) is 5.56 Å². The minimum atomic E-state index is -0.962. The first-order valence-electron chi connectivity index (χ1n) is 9.09. The molecule has 0 amide bonds. The quantitative estimate of drug-likeness (QED) is 0.828. The van der Waals surface area contributed by atoms with E-state index in [-0.39, 0.29) is 5.92 Å². The third-order valence-electron chi connectivity index (χ3n) is 5.75. The molecule has 0 saturated heterocycles. The maximum Gasteiger partial charge on any atom is 0.203 e. The van der Waals surface area contributed by atoms with E-state index in [1.54, 1.807) is 21.3 Å². The van der Waals surface area contributed by atoms with Crippen LogP contribution in [0.3, 0.4) is 0 Å². The predicted molar refractivity (Wildman–Crippen MR) is 102 cm³/mol. The Morgan fingerprint density at radius 2 is 1.54 bits per heavy atom. The SMILES string of the molecule is COc1cc(C(C)(O)C2CCC(c3ccccc3)C2)cc(OC)c1OC. The molecule has 3 rings (SSSR count). The molecule has 0 heterocycles. The summed E-state index contributed by atoms with van der Waals surface area (Å²) in [7, 11) is 4.77. The number of ether oxygens (including phenoxy) is 3. The molecule has 4 nitrogen and oxygen atoms in total. The largest absolute Gasteiger partial charge is 0.493 e. The molecule has 1 saturated carbocycles. The first-order valence-corrected chi connectivity index (χ1v) is 9.09. The fourth-order valence-corrected chi connectivity index (χ4v) is 4.13. The highest BCUT2D eigenvalue weighted by Gasteiger charge is 2.40. The van der Waals surface area contributed by atoms with Gasteiger partial charge in [0.2, 0.25) is 5.75 Å². The summed E-state index contributed by atoms with van der Waals surface area (Å²) in [5.41, 5.74) is 1.19. The molecule has 0 aliphatic heterocycles. The van der Waals surface area contributed by atoms with Gasteiger partial charge in [-0.15, -0.1) is 0 Å². The van der Waals surface area contributed by atoms with Crippen molar-refractivity contribution < 1.29 is 19.3 Å². The summed E-state index contributed by atoms with van der Waals surface area (Å²) in [5.74, 6) is 2.35. The molecule has 0 bridgehead atoms. The molecule has 2 aromatic carbocycles.